The van der Waals surface area contributed by atoms with Gasteiger partial charge in [0.05, 0.1) is 0 Å². The zero-order valence-corrected chi connectivity index (χ0v) is 13.3. The van der Waals surface area contributed by atoms with Gasteiger partial charge in [-0.15, -0.1) is 0 Å². The lowest BCUT2D eigenvalue weighted by atomic mass is 9.92. The van der Waals surface area contributed by atoms with Gasteiger partial charge in [0.25, 0.3) is 0 Å². The van der Waals surface area contributed by atoms with Crippen molar-refractivity contribution in [3.63, 3.8) is 0 Å². The molecule has 20 heavy (non-hydrogen) atoms. The van der Waals surface area contributed by atoms with Crippen molar-refractivity contribution in [1.29, 1.82) is 0 Å². The maximum Gasteiger partial charge on any atom is 0.134 e. The first kappa shape index (κ1) is 15.1. The van der Waals surface area contributed by atoms with Crippen molar-refractivity contribution >= 4 is 11.6 Å². The first-order valence-electron chi connectivity index (χ1n) is 7.94. The summed E-state index contributed by atoms with van der Waals surface area (Å²) in [5.41, 5.74) is 1.70. The van der Waals surface area contributed by atoms with Crippen LogP contribution in [0, 0.1) is 11.3 Å². The number of anilines is 2. The van der Waals surface area contributed by atoms with E-state index in [9.17, 15) is 0 Å². The summed E-state index contributed by atoms with van der Waals surface area (Å²) in [5, 5.41) is 6.97. The van der Waals surface area contributed by atoms with Crippen LogP contribution < -0.4 is 10.6 Å². The molecule has 0 bridgehead atoms. The van der Waals surface area contributed by atoms with Gasteiger partial charge in [0.2, 0.25) is 0 Å². The Morgan fingerprint density at radius 2 is 1.80 bits per heavy atom. The third-order valence-corrected chi connectivity index (χ3v) is 4.57. The molecule has 0 atom stereocenters. The number of rotatable bonds is 8. The fourth-order valence-corrected chi connectivity index (χ4v) is 2.67. The molecule has 0 saturated heterocycles. The second-order valence-electron chi connectivity index (χ2n) is 6.20. The van der Waals surface area contributed by atoms with E-state index in [0.29, 0.717) is 5.41 Å². The molecule has 0 spiro atoms. The Bertz CT molecular complexity index is 438. The summed E-state index contributed by atoms with van der Waals surface area (Å²) in [5.74, 6) is 2.73. The summed E-state index contributed by atoms with van der Waals surface area (Å²) in [6.07, 6.45) is 6.39. The van der Waals surface area contributed by atoms with E-state index in [0.717, 1.165) is 43.5 Å². The van der Waals surface area contributed by atoms with Gasteiger partial charge in [-0.2, -0.15) is 0 Å². The van der Waals surface area contributed by atoms with Crippen molar-refractivity contribution in [1.82, 2.24) is 9.97 Å². The van der Waals surface area contributed by atoms with Crippen LogP contribution in [0.1, 0.15) is 52.5 Å². The molecule has 1 aliphatic carbocycles. The Labute approximate surface area is 122 Å². The van der Waals surface area contributed by atoms with E-state index >= 15 is 0 Å². The highest BCUT2D eigenvalue weighted by Crippen LogP contribution is 2.51. The van der Waals surface area contributed by atoms with Crippen molar-refractivity contribution in [3.8, 4) is 0 Å². The summed E-state index contributed by atoms with van der Waals surface area (Å²) in [6, 6.07) is 0. The maximum absolute atomic E-state index is 4.45. The molecule has 112 valence electrons. The first-order chi connectivity index (χ1) is 9.63. The highest BCUT2D eigenvalue weighted by Gasteiger charge is 2.45. The normalized spacial score (nSPS) is 16.2. The summed E-state index contributed by atoms with van der Waals surface area (Å²) >= 11 is 0. The van der Waals surface area contributed by atoms with E-state index in [-0.39, 0.29) is 0 Å². The van der Waals surface area contributed by atoms with Crippen LogP contribution >= 0.6 is 0 Å². The van der Waals surface area contributed by atoms with Crippen LogP contribution in [0.5, 0.6) is 0 Å². The third kappa shape index (κ3) is 3.22. The molecule has 0 radical (unpaired) electrons. The summed E-state index contributed by atoms with van der Waals surface area (Å²) in [4.78, 5) is 8.83. The summed E-state index contributed by atoms with van der Waals surface area (Å²) < 4.78 is 0. The van der Waals surface area contributed by atoms with Gasteiger partial charge in [0, 0.05) is 18.7 Å². The quantitative estimate of drug-likeness (QED) is 0.760. The smallest absolute Gasteiger partial charge is 0.134 e. The second kappa shape index (κ2) is 6.42. The zero-order valence-electron chi connectivity index (χ0n) is 13.3. The van der Waals surface area contributed by atoms with Gasteiger partial charge < -0.3 is 10.6 Å². The fraction of sp³-hybridized carbons (Fsp3) is 0.750. The van der Waals surface area contributed by atoms with Gasteiger partial charge in [-0.05, 0) is 37.0 Å². The predicted octanol–water partition coefficient (Wildman–Crippen LogP) is 3.71. The number of hydrogen-bond donors (Lipinski definition) is 2. The molecule has 4 heteroatoms. The standard InChI is InChI=1S/C16H28N4/c1-5-9-17-14-13(6-2)15(20-11-19-14)18-10-16(7-8-16)12(3)4/h11-12H,5-10H2,1-4H3,(H2,17,18,19,20). The number of nitrogens with zero attached hydrogens (tertiary/aromatic N) is 2. The van der Waals surface area contributed by atoms with E-state index in [2.05, 4.69) is 48.3 Å². The van der Waals surface area contributed by atoms with Crippen LogP contribution in [0.4, 0.5) is 11.6 Å². The molecule has 4 nitrogen and oxygen atoms in total. The number of hydrogen-bond acceptors (Lipinski definition) is 4. The third-order valence-electron chi connectivity index (χ3n) is 4.57. The fourth-order valence-electron chi connectivity index (χ4n) is 2.67. The van der Waals surface area contributed by atoms with Gasteiger partial charge in [0.1, 0.15) is 18.0 Å². The molecule has 1 aromatic heterocycles. The molecule has 0 aliphatic heterocycles. The van der Waals surface area contributed by atoms with E-state index in [4.69, 9.17) is 0 Å². The molecule has 2 rings (SSSR count). The largest absolute Gasteiger partial charge is 0.370 e. The van der Waals surface area contributed by atoms with E-state index < -0.39 is 0 Å². The average molecular weight is 276 g/mol. The molecule has 0 amide bonds. The minimum Gasteiger partial charge on any atom is -0.370 e. The van der Waals surface area contributed by atoms with E-state index in [1.807, 2.05) is 0 Å². The lowest BCUT2D eigenvalue weighted by Gasteiger charge is -2.22. The minimum atomic E-state index is 0.493. The number of nitrogens with one attached hydrogen (secondary N) is 2. The lowest BCUT2D eigenvalue weighted by molar-refractivity contribution is 0.379. The van der Waals surface area contributed by atoms with Crippen LogP contribution in [0.25, 0.3) is 0 Å². The Hall–Kier alpha value is -1.32. The average Bonchev–Trinajstić information content (AvgIpc) is 3.24. The maximum atomic E-state index is 4.45. The summed E-state index contributed by atoms with van der Waals surface area (Å²) in [6.45, 7) is 11.0. The van der Waals surface area contributed by atoms with Crippen LogP contribution in [-0.2, 0) is 6.42 Å². The Kier molecular flexibility index (Phi) is 4.84. The van der Waals surface area contributed by atoms with Gasteiger partial charge in [-0.3, -0.25) is 0 Å². The Morgan fingerprint density at radius 3 is 2.30 bits per heavy atom. The van der Waals surface area contributed by atoms with Gasteiger partial charge >= 0.3 is 0 Å². The lowest BCUT2D eigenvalue weighted by Crippen LogP contribution is -2.22. The molecule has 1 heterocycles. The van der Waals surface area contributed by atoms with Gasteiger partial charge in [-0.25, -0.2) is 9.97 Å². The SMILES string of the molecule is CCCNc1ncnc(NCC2(C(C)C)CC2)c1CC. The van der Waals surface area contributed by atoms with Crippen LogP contribution in [0.3, 0.4) is 0 Å². The van der Waals surface area contributed by atoms with Crippen molar-refractivity contribution in [2.24, 2.45) is 11.3 Å². The van der Waals surface area contributed by atoms with Gasteiger partial charge in [0.15, 0.2) is 0 Å². The highest BCUT2D eigenvalue weighted by atomic mass is 15.1. The second-order valence-corrected chi connectivity index (χ2v) is 6.20. The first-order valence-corrected chi connectivity index (χ1v) is 7.94. The molecule has 1 fully saturated rings. The van der Waals surface area contributed by atoms with Gasteiger partial charge in [-0.1, -0.05) is 27.7 Å². The number of aromatic nitrogens is 2. The van der Waals surface area contributed by atoms with Crippen LogP contribution in [0.15, 0.2) is 6.33 Å². The summed E-state index contributed by atoms with van der Waals surface area (Å²) in [7, 11) is 0. The van der Waals surface area contributed by atoms with Crippen LogP contribution in [0.2, 0.25) is 0 Å². The topological polar surface area (TPSA) is 49.8 Å². The zero-order chi connectivity index (χ0) is 14.6. The monoisotopic (exact) mass is 276 g/mol. The Morgan fingerprint density at radius 1 is 1.15 bits per heavy atom. The molecule has 2 N–H and O–H groups in total. The molecule has 1 saturated carbocycles. The van der Waals surface area contributed by atoms with E-state index in [1.54, 1.807) is 6.33 Å². The molecule has 1 aromatic rings. The van der Waals surface area contributed by atoms with E-state index in [1.165, 1.54) is 18.4 Å². The highest BCUT2D eigenvalue weighted by molar-refractivity contribution is 5.57. The molecule has 0 aromatic carbocycles. The van der Waals surface area contributed by atoms with Crippen molar-refractivity contribution in [2.75, 3.05) is 23.7 Å². The predicted molar refractivity (Wildman–Crippen MR) is 85.2 cm³/mol. The van der Waals surface area contributed by atoms with Crippen molar-refractivity contribution in [2.45, 2.75) is 53.4 Å². The Balaban J connectivity index is 2.07. The molecule has 0 unspecified atom stereocenters. The van der Waals surface area contributed by atoms with Crippen LogP contribution in [-0.4, -0.2) is 23.1 Å². The van der Waals surface area contributed by atoms with Crippen molar-refractivity contribution in [3.05, 3.63) is 11.9 Å². The molecule has 1 aliphatic rings. The molecular weight excluding hydrogens is 248 g/mol. The molecular formula is C16H28N4. The van der Waals surface area contributed by atoms with Crippen molar-refractivity contribution < 1.29 is 0 Å². The minimum absolute atomic E-state index is 0.493.